The Morgan fingerprint density at radius 3 is 2.86 bits per heavy atom. The van der Waals surface area contributed by atoms with Crippen LogP contribution >= 0.6 is 11.8 Å². The van der Waals surface area contributed by atoms with Gasteiger partial charge in [-0.15, -0.1) is 11.7 Å². The number of hydrazone groups is 1. The molecule has 4 rings (SSSR count). The molecule has 2 aliphatic heterocycles. The number of carbonyl (C=O) groups excluding carboxylic acids is 1. The first kappa shape index (κ1) is 19.0. The second kappa shape index (κ2) is 8.36. The number of nitrogens with one attached hydrogen (secondary N) is 1. The maximum atomic E-state index is 13.0. The van der Waals surface area contributed by atoms with Gasteiger partial charge in [-0.05, 0) is 18.2 Å². The minimum Gasteiger partial charge on any atom is -0.490 e. The van der Waals surface area contributed by atoms with E-state index >= 15 is 0 Å². The lowest BCUT2D eigenvalue weighted by Crippen LogP contribution is -2.50. The number of fused-ring (bicyclic) bond motifs is 2. The number of amides is 1. The minimum atomic E-state index is -0.474. The van der Waals surface area contributed by atoms with Crippen molar-refractivity contribution >= 4 is 28.5 Å². The van der Waals surface area contributed by atoms with Gasteiger partial charge in [0.15, 0.2) is 11.3 Å². The molecule has 146 valence electrons. The maximum absolute atomic E-state index is 13.0. The molecule has 1 N–H and O–H groups in total. The third-order valence-electron chi connectivity index (χ3n) is 4.38. The summed E-state index contributed by atoms with van der Waals surface area (Å²) in [7, 11) is 0. The number of para-hydroxylation sites is 1. The number of hydrogen-bond donors (Lipinski definition) is 1. The van der Waals surface area contributed by atoms with Gasteiger partial charge >= 0.3 is 0 Å². The third kappa shape index (κ3) is 3.82. The highest BCUT2D eigenvalue weighted by atomic mass is 32.2. The summed E-state index contributed by atoms with van der Waals surface area (Å²) in [6, 6.07) is 15.3. The van der Waals surface area contributed by atoms with Gasteiger partial charge in [-0.25, -0.2) is 5.01 Å². The summed E-state index contributed by atoms with van der Waals surface area (Å²) in [4.78, 5) is 17.8. The first-order chi connectivity index (χ1) is 14.2. The number of thioether (sulfide) groups is 1. The van der Waals surface area contributed by atoms with Crippen molar-refractivity contribution in [1.29, 1.82) is 0 Å². The highest BCUT2D eigenvalue weighted by Gasteiger charge is 2.34. The lowest BCUT2D eigenvalue weighted by Gasteiger charge is -2.34. The zero-order valence-corrected chi connectivity index (χ0v) is 16.6. The number of ether oxygens (including phenoxy) is 1. The third-order valence-corrected chi connectivity index (χ3v) is 5.24. The van der Waals surface area contributed by atoms with E-state index in [4.69, 9.17) is 9.73 Å². The van der Waals surface area contributed by atoms with Crippen molar-refractivity contribution in [2.75, 3.05) is 12.4 Å². The van der Waals surface area contributed by atoms with Gasteiger partial charge in [0, 0.05) is 16.5 Å². The van der Waals surface area contributed by atoms with Crippen LogP contribution in [0.5, 0.6) is 5.75 Å². The molecule has 29 heavy (non-hydrogen) atoms. The van der Waals surface area contributed by atoms with E-state index in [2.05, 4.69) is 23.6 Å². The second-order valence-corrected chi connectivity index (χ2v) is 7.35. The average Bonchev–Trinajstić information content (AvgIpc) is 2.75. The van der Waals surface area contributed by atoms with Crippen LogP contribution in [0.1, 0.15) is 11.7 Å². The van der Waals surface area contributed by atoms with Crippen LogP contribution in [-0.4, -0.2) is 28.4 Å². The number of benzene rings is 2. The molecule has 1 unspecified atom stereocenters. The highest BCUT2D eigenvalue weighted by Crippen LogP contribution is 2.32. The van der Waals surface area contributed by atoms with Crippen LogP contribution in [0.2, 0.25) is 0 Å². The first-order valence-electron chi connectivity index (χ1n) is 9.15. The van der Waals surface area contributed by atoms with Crippen molar-refractivity contribution in [3.8, 4) is 5.75 Å². The van der Waals surface area contributed by atoms with Gasteiger partial charge in [-0.3, -0.25) is 15.1 Å². The van der Waals surface area contributed by atoms with Gasteiger partial charge in [0.2, 0.25) is 0 Å². The molecule has 0 fully saturated rings. The zero-order valence-electron chi connectivity index (χ0n) is 15.7. The van der Waals surface area contributed by atoms with E-state index in [1.165, 1.54) is 11.8 Å². The molecule has 6 nitrogen and oxygen atoms in total. The van der Waals surface area contributed by atoms with E-state index in [1.54, 1.807) is 17.2 Å². The molecule has 2 aliphatic rings. The van der Waals surface area contributed by atoms with Crippen molar-refractivity contribution in [3.63, 3.8) is 0 Å². The Morgan fingerprint density at radius 2 is 2.03 bits per heavy atom. The van der Waals surface area contributed by atoms with Crippen molar-refractivity contribution in [2.45, 2.75) is 6.17 Å². The fourth-order valence-electron chi connectivity index (χ4n) is 3.17. The predicted octanol–water partition coefficient (Wildman–Crippen LogP) is 2.31. The van der Waals surface area contributed by atoms with Gasteiger partial charge in [-0.2, -0.15) is 0 Å². The first-order valence-corrected chi connectivity index (χ1v) is 10.1. The monoisotopic (exact) mass is 404 g/mol. The van der Waals surface area contributed by atoms with Gasteiger partial charge in [0.25, 0.3) is 5.91 Å². The van der Waals surface area contributed by atoms with E-state index in [0.29, 0.717) is 29.0 Å². The number of hydrogen-bond acceptors (Lipinski definition) is 6. The van der Waals surface area contributed by atoms with Crippen molar-refractivity contribution in [3.05, 3.63) is 90.0 Å². The van der Waals surface area contributed by atoms with E-state index in [-0.39, 0.29) is 5.91 Å². The molecule has 0 aromatic heterocycles. The Labute approximate surface area is 173 Å². The van der Waals surface area contributed by atoms with Crippen LogP contribution < -0.4 is 20.6 Å². The zero-order chi connectivity index (χ0) is 20.2. The minimum absolute atomic E-state index is 0.196. The molecular formula is C22H20N4O2S. The molecule has 1 amide bonds. The second-order valence-electron chi connectivity index (χ2n) is 6.34. The van der Waals surface area contributed by atoms with Gasteiger partial charge in [0.05, 0.1) is 5.36 Å². The molecule has 0 saturated heterocycles. The molecule has 0 aliphatic carbocycles. The number of amidine groups is 1. The summed E-state index contributed by atoms with van der Waals surface area (Å²) in [5.41, 5.74) is 1.37. The summed E-state index contributed by atoms with van der Waals surface area (Å²) >= 11 is 1.42. The smallest absolute Gasteiger partial charge is 0.276 e. The molecule has 7 heteroatoms. The fraction of sp³-hybridized carbons (Fsp3) is 0.136. The van der Waals surface area contributed by atoms with Crippen LogP contribution in [-0.2, 0) is 4.79 Å². The Kier molecular flexibility index (Phi) is 5.48. The molecule has 0 spiro atoms. The summed E-state index contributed by atoms with van der Waals surface area (Å²) in [5, 5.41) is 11.3. The van der Waals surface area contributed by atoms with Crippen molar-refractivity contribution in [2.24, 2.45) is 10.1 Å². The molecule has 0 saturated carbocycles. The van der Waals surface area contributed by atoms with Crippen molar-refractivity contribution < 1.29 is 9.53 Å². The van der Waals surface area contributed by atoms with E-state index < -0.39 is 6.17 Å². The van der Waals surface area contributed by atoms with E-state index in [0.717, 1.165) is 16.1 Å². The van der Waals surface area contributed by atoms with Crippen LogP contribution in [0.25, 0.3) is 5.70 Å². The number of carbonyl (C=O) groups is 1. The van der Waals surface area contributed by atoms with Crippen LogP contribution in [0.15, 0.2) is 83.9 Å². The van der Waals surface area contributed by atoms with Crippen LogP contribution in [0, 0.1) is 0 Å². The summed E-state index contributed by atoms with van der Waals surface area (Å²) in [6.07, 6.45) is 2.99. The number of rotatable bonds is 6. The van der Waals surface area contributed by atoms with Crippen LogP contribution in [0.3, 0.4) is 0 Å². The SMILES string of the molecule is C=CCOc1cccc(C2N=c3ccccc3=C3C(=O)NC(SCC=C)=NN32)c1. The average molecular weight is 404 g/mol. The largest absolute Gasteiger partial charge is 0.490 e. The number of nitrogens with zero attached hydrogens (tertiary/aromatic N) is 3. The molecule has 0 bridgehead atoms. The molecule has 2 aromatic carbocycles. The summed E-state index contributed by atoms with van der Waals surface area (Å²) in [5.74, 6) is 1.16. The maximum Gasteiger partial charge on any atom is 0.276 e. The van der Waals surface area contributed by atoms with Gasteiger partial charge in [-0.1, -0.05) is 60.8 Å². The molecule has 2 aromatic rings. The van der Waals surface area contributed by atoms with Crippen LogP contribution in [0.4, 0.5) is 0 Å². The topological polar surface area (TPSA) is 66.3 Å². The van der Waals surface area contributed by atoms with E-state index in [1.807, 2.05) is 48.5 Å². The quantitative estimate of drug-likeness (QED) is 0.751. The molecule has 2 heterocycles. The predicted molar refractivity (Wildman–Crippen MR) is 116 cm³/mol. The van der Waals surface area contributed by atoms with Crippen molar-refractivity contribution in [1.82, 2.24) is 10.3 Å². The van der Waals surface area contributed by atoms with Gasteiger partial charge in [0.1, 0.15) is 18.1 Å². The lowest BCUT2D eigenvalue weighted by atomic mass is 10.1. The lowest BCUT2D eigenvalue weighted by molar-refractivity contribution is -0.116. The molecule has 1 atom stereocenters. The summed E-state index contributed by atoms with van der Waals surface area (Å²) < 4.78 is 5.67. The summed E-state index contributed by atoms with van der Waals surface area (Å²) in [6.45, 7) is 7.82. The Hall–Kier alpha value is -3.32. The Morgan fingerprint density at radius 1 is 1.17 bits per heavy atom. The standard InChI is InChI=1S/C22H20N4O2S/c1-3-12-28-16-9-7-8-15(14-16)20-23-18-11-6-5-10-17(18)19-21(27)24-22(25-26(19)20)29-13-4-2/h3-11,14,20H,1-2,12-13H2,(H,24,25,27). The normalized spacial score (nSPS) is 17.3. The van der Waals surface area contributed by atoms with Gasteiger partial charge < -0.3 is 4.74 Å². The molecular weight excluding hydrogens is 384 g/mol. The van der Waals surface area contributed by atoms with E-state index in [9.17, 15) is 4.79 Å². The molecule has 0 radical (unpaired) electrons. The Balaban J connectivity index is 1.84. The highest BCUT2D eigenvalue weighted by molar-refractivity contribution is 8.14. The Bertz CT molecular complexity index is 1130. The fourth-order valence-corrected chi connectivity index (χ4v) is 3.75.